The van der Waals surface area contributed by atoms with Gasteiger partial charge in [0, 0.05) is 17.6 Å². The molecule has 1 N–H and O–H groups in total. The zero-order chi connectivity index (χ0) is 15.2. The summed E-state index contributed by atoms with van der Waals surface area (Å²) >= 11 is 3.31. The molecule has 0 amide bonds. The van der Waals surface area contributed by atoms with Gasteiger partial charge in [-0.25, -0.2) is 8.42 Å². The summed E-state index contributed by atoms with van der Waals surface area (Å²) in [5, 5.41) is 3.01. The van der Waals surface area contributed by atoms with E-state index in [1.54, 1.807) is 12.1 Å². The van der Waals surface area contributed by atoms with Crippen molar-refractivity contribution in [2.45, 2.75) is 24.8 Å². The number of sulfonamides is 1. The molecule has 1 aromatic carbocycles. The van der Waals surface area contributed by atoms with Crippen molar-refractivity contribution in [2.75, 3.05) is 20.1 Å². The molecule has 0 unspecified atom stereocenters. The summed E-state index contributed by atoms with van der Waals surface area (Å²) in [5.41, 5.74) is 0.909. The van der Waals surface area contributed by atoms with Gasteiger partial charge in [-0.15, -0.1) is 6.42 Å². The van der Waals surface area contributed by atoms with Crippen molar-refractivity contribution < 1.29 is 8.42 Å². The molecular formula is C14H19BrN2O2S. The van der Waals surface area contributed by atoms with Crippen molar-refractivity contribution in [1.82, 2.24) is 9.62 Å². The molecule has 0 atom stereocenters. The molecule has 110 valence electrons. The van der Waals surface area contributed by atoms with Crippen molar-refractivity contribution in [2.24, 2.45) is 0 Å². The molecule has 0 aliphatic rings. The molecule has 0 bridgehead atoms. The SMILES string of the molecule is C#CCN(CCC)S(=O)(=O)c1cc(CNC)ccc1Br. The van der Waals surface area contributed by atoms with E-state index in [0.717, 1.165) is 5.56 Å². The number of nitrogens with one attached hydrogen (secondary N) is 1. The third-order valence-electron chi connectivity index (χ3n) is 2.73. The Balaban J connectivity index is 3.25. The molecule has 6 heteroatoms. The Morgan fingerprint density at radius 1 is 1.45 bits per heavy atom. The van der Waals surface area contributed by atoms with Gasteiger partial charge in [0.15, 0.2) is 0 Å². The van der Waals surface area contributed by atoms with Gasteiger partial charge in [-0.1, -0.05) is 18.9 Å². The standard InChI is InChI=1S/C14H19BrN2O2S/c1-4-8-17(9-5-2)20(18,19)14-10-12(11-16-3)6-7-13(14)15/h1,6-7,10,16H,5,8-9,11H2,2-3H3. The van der Waals surface area contributed by atoms with Gasteiger partial charge in [0.25, 0.3) is 0 Å². The first-order chi connectivity index (χ1) is 9.47. The second-order valence-electron chi connectivity index (χ2n) is 4.34. The molecule has 1 aromatic rings. The fourth-order valence-corrected chi connectivity index (χ4v) is 4.25. The average molecular weight is 359 g/mol. The maximum atomic E-state index is 12.7. The Kier molecular flexibility index (Phi) is 6.69. The zero-order valence-electron chi connectivity index (χ0n) is 11.7. The number of halogens is 1. The first-order valence-electron chi connectivity index (χ1n) is 6.34. The van der Waals surface area contributed by atoms with Crippen LogP contribution in [-0.2, 0) is 16.6 Å². The summed E-state index contributed by atoms with van der Waals surface area (Å²) < 4.78 is 27.2. The largest absolute Gasteiger partial charge is 0.316 e. The van der Waals surface area contributed by atoms with Crippen LogP contribution < -0.4 is 5.32 Å². The Labute approximate surface area is 129 Å². The minimum absolute atomic E-state index is 0.0822. The van der Waals surface area contributed by atoms with E-state index >= 15 is 0 Å². The van der Waals surface area contributed by atoms with E-state index in [4.69, 9.17) is 6.42 Å². The second-order valence-corrected chi connectivity index (χ2v) is 7.10. The number of terminal acetylenes is 1. The van der Waals surface area contributed by atoms with Crippen LogP contribution in [0, 0.1) is 12.3 Å². The number of nitrogens with zero attached hydrogens (tertiary/aromatic N) is 1. The van der Waals surface area contributed by atoms with Gasteiger partial charge in [0.2, 0.25) is 10.0 Å². The summed E-state index contributed by atoms with van der Waals surface area (Å²) in [6, 6.07) is 5.31. The zero-order valence-corrected chi connectivity index (χ0v) is 14.1. The van der Waals surface area contributed by atoms with E-state index in [1.807, 2.05) is 20.0 Å². The highest BCUT2D eigenvalue weighted by Gasteiger charge is 2.25. The molecule has 4 nitrogen and oxygen atoms in total. The summed E-state index contributed by atoms with van der Waals surface area (Å²) in [6.07, 6.45) is 5.99. The van der Waals surface area contributed by atoms with Gasteiger partial charge in [-0.05, 0) is 47.1 Å². The molecule has 0 saturated heterocycles. The third-order valence-corrected chi connectivity index (χ3v) is 5.57. The van der Waals surface area contributed by atoms with Crippen molar-refractivity contribution in [3.8, 4) is 12.3 Å². The van der Waals surface area contributed by atoms with E-state index in [2.05, 4.69) is 27.2 Å². The van der Waals surface area contributed by atoms with E-state index in [-0.39, 0.29) is 11.4 Å². The first kappa shape index (κ1) is 17.2. The van der Waals surface area contributed by atoms with Crippen LogP contribution >= 0.6 is 15.9 Å². The highest BCUT2D eigenvalue weighted by atomic mass is 79.9. The monoisotopic (exact) mass is 358 g/mol. The highest BCUT2D eigenvalue weighted by Crippen LogP contribution is 2.26. The molecule has 0 spiro atoms. The molecule has 0 fully saturated rings. The van der Waals surface area contributed by atoms with Crippen LogP contribution in [0.1, 0.15) is 18.9 Å². The van der Waals surface area contributed by atoms with Crippen molar-refractivity contribution in [1.29, 1.82) is 0 Å². The van der Waals surface area contributed by atoms with Crippen LogP contribution in [0.3, 0.4) is 0 Å². The van der Waals surface area contributed by atoms with Crippen LogP contribution in [0.15, 0.2) is 27.6 Å². The molecule has 0 aliphatic heterocycles. The van der Waals surface area contributed by atoms with Crippen LogP contribution in [-0.4, -0.2) is 32.9 Å². The van der Waals surface area contributed by atoms with E-state index in [0.29, 0.717) is 24.0 Å². The van der Waals surface area contributed by atoms with Crippen LogP contribution in [0.4, 0.5) is 0 Å². The average Bonchev–Trinajstić information content (AvgIpc) is 2.41. The Morgan fingerprint density at radius 2 is 2.15 bits per heavy atom. The highest BCUT2D eigenvalue weighted by molar-refractivity contribution is 9.10. The van der Waals surface area contributed by atoms with Crippen LogP contribution in [0.5, 0.6) is 0 Å². The van der Waals surface area contributed by atoms with Crippen LogP contribution in [0.25, 0.3) is 0 Å². The summed E-state index contributed by atoms with van der Waals surface area (Å²) in [5.74, 6) is 2.41. The summed E-state index contributed by atoms with van der Waals surface area (Å²) in [4.78, 5) is 0.258. The molecule has 20 heavy (non-hydrogen) atoms. The third kappa shape index (κ3) is 4.06. The first-order valence-corrected chi connectivity index (χ1v) is 8.57. The molecule has 1 rings (SSSR count). The lowest BCUT2D eigenvalue weighted by atomic mass is 10.2. The summed E-state index contributed by atoms with van der Waals surface area (Å²) in [6.45, 7) is 3.03. The quantitative estimate of drug-likeness (QED) is 0.760. The number of rotatable bonds is 7. The van der Waals surface area contributed by atoms with E-state index < -0.39 is 10.0 Å². The molecule has 0 saturated carbocycles. The number of hydrogen-bond acceptors (Lipinski definition) is 3. The van der Waals surface area contributed by atoms with Crippen molar-refractivity contribution >= 4 is 26.0 Å². The molecule has 0 heterocycles. The van der Waals surface area contributed by atoms with Crippen molar-refractivity contribution in [3.63, 3.8) is 0 Å². The second kappa shape index (κ2) is 7.79. The van der Waals surface area contributed by atoms with Crippen molar-refractivity contribution in [3.05, 3.63) is 28.2 Å². The Hall–Kier alpha value is -0.870. The Bertz CT molecular complexity index is 594. The van der Waals surface area contributed by atoms with Crippen LogP contribution in [0.2, 0.25) is 0 Å². The molecule has 0 radical (unpaired) electrons. The smallest absolute Gasteiger partial charge is 0.245 e. The van der Waals surface area contributed by atoms with Gasteiger partial charge in [-0.2, -0.15) is 4.31 Å². The van der Waals surface area contributed by atoms with E-state index in [1.165, 1.54) is 4.31 Å². The number of benzene rings is 1. The predicted molar refractivity (Wildman–Crippen MR) is 84.8 cm³/mol. The van der Waals surface area contributed by atoms with Gasteiger partial charge >= 0.3 is 0 Å². The fourth-order valence-electron chi connectivity index (χ4n) is 1.83. The van der Waals surface area contributed by atoms with E-state index in [9.17, 15) is 8.42 Å². The normalized spacial score (nSPS) is 11.6. The minimum atomic E-state index is -3.58. The maximum absolute atomic E-state index is 12.7. The van der Waals surface area contributed by atoms with Gasteiger partial charge in [-0.3, -0.25) is 0 Å². The van der Waals surface area contributed by atoms with Gasteiger partial charge in [0.05, 0.1) is 11.4 Å². The lowest BCUT2D eigenvalue weighted by Crippen LogP contribution is -2.32. The molecular weight excluding hydrogens is 340 g/mol. The summed E-state index contributed by atoms with van der Waals surface area (Å²) in [7, 11) is -1.76. The molecule has 0 aliphatic carbocycles. The number of hydrogen-bond donors (Lipinski definition) is 1. The lowest BCUT2D eigenvalue weighted by Gasteiger charge is -2.20. The van der Waals surface area contributed by atoms with Gasteiger partial charge < -0.3 is 5.32 Å². The Morgan fingerprint density at radius 3 is 2.70 bits per heavy atom. The lowest BCUT2D eigenvalue weighted by molar-refractivity contribution is 0.445. The fraction of sp³-hybridized carbons (Fsp3) is 0.429. The van der Waals surface area contributed by atoms with Gasteiger partial charge in [0.1, 0.15) is 0 Å². The predicted octanol–water partition coefficient (Wildman–Crippen LogP) is 2.20. The molecule has 0 aromatic heterocycles. The minimum Gasteiger partial charge on any atom is -0.316 e. The maximum Gasteiger partial charge on any atom is 0.245 e. The topological polar surface area (TPSA) is 49.4 Å².